The van der Waals surface area contributed by atoms with E-state index < -0.39 is 0 Å². The molecule has 278 valence electrons. The first-order valence-electron chi connectivity index (χ1n) is 18.1. The molecule has 0 spiro atoms. The van der Waals surface area contributed by atoms with Crippen molar-refractivity contribution in [2.24, 2.45) is 4.99 Å². The van der Waals surface area contributed by atoms with E-state index in [1.165, 1.54) is 106 Å². The van der Waals surface area contributed by atoms with Crippen molar-refractivity contribution in [2.75, 3.05) is 40.8 Å². The number of nitrogens with zero attached hydrogens (tertiary/aromatic N) is 7. The Bertz CT molecular complexity index is 1340. The topological polar surface area (TPSA) is 62.0 Å². The van der Waals surface area contributed by atoms with E-state index in [-0.39, 0.29) is 29.9 Å². The minimum absolute atomic E-state index is 0. The van der Waals surface area contributed by atoms with Crippen LogP contribution in [0.5, 0.6) is 0 Å². The third kappa shape index (κ3) is 15.4. The molecule has 5 aliphatic rings. The summed E-state index contributed by atoms with van der Waals surface area (Å²) >= 11 is 6.56. The molecule has 0 aliphatic carbocycles. The molecule has 2 aromatic rings. The largest absolute Gasteiger partial charge is 1.00 e. The number of hydrogen-bond donors (Lipinski definition) is 0. The van der Waals surface area contributed by atoms with Gasteiger partial charge < -0.3 is 15.2 Å². The number of aliphatic imine (C=N–C) groups is 1. The summed E-state index contributed by atoms with van der Waals surface area (Å²) in [6.07, 6.45) is 23.1. The van der Waals surface area contributed by atoms with Crippen LogP contribution in [-0.4, -0.2) is 82.7 Å². The summed E-state index contributed by atoms with van der Waals surface area (Å²) in [5.41, 5.74) is 7.16. The van der Waals surface area contributed by atoms with Crippen molar-refractivity contribution < 1.29 is 18.9 Å². The maximum atomic E-state index is 4.75. The van der Waals surface area contributed by atoms with E-state index >= 15 is 0 Å². The molecule has 7 nitrogen and oxygen atoms in total. The van der Waals surface area contributed by atoms with Crippen LogP contribution in [0.1, 0.15) is 114 Å². The smallest absolute Gasteiger partial charge is 0.652 e. The number of hydrogen-bond acceptors (Lipinski definition) is 6. The summed E-state index contributed by atoms with van der Waals surface area (Å²) < 4.78 is 1.15. The van der Waals surface area contributed by atoms with Gasteiger partial charge in [-0.2, -0.15) is 0 Å². The summed E-state index contributed by atoms with van der Waals surface area (Å²) in [6, 6.07) is 9.67. The second kappa shape index (κ2) is 23.6. The van der Waals surface area contributed by atoms with Gasteiger partial charge in [0, 0.05) is 79.5 Å². The average molecular weight is 1030 g/mol. The van der Waals surface area contributed by atoms with E-state index in [1.54, 1.807) is 0 Å². The van der Waals surface area contributed by atoms with Crippen LogP contribution in [0.25, 0.3) is 5.32 Å². The maximum Gasteiger partial charge on any atom is 1.00 e. The minimum Gasteiger partial charge on any atom is -0.652 e. The molecule has 0 radical (unpaired) electrons. The van der Waals surface area contributed by atoms with E-state index in [9.17, 15) is 0 Å². The number of likely N-dealkylation sites (tertiary alicyclic amines) is 3. The molecule has 7 rings (SSSR count). The monoisotopic (exact) mass is 1030 g/mol. The van der Waals surface area contributed by atoms with E-state index in [2.05, 4.69) is 164 Å². The zero-order chi connectivity index (χ0) is 36.7. The Morgan fingerprint density at radius 1 is 0.804 bits per heavy atom. The number of pyridine rings is 2. The first kappa shape index (κ1) is 46.9. The number of allylic oxidation sites excluding steroid dienone is 3. The van der Waals surface area contributed by atoms with E-state index in [0.717, 1.165) is 3.70 Å². The molecule has 11 heteroatoms. The SMILES string of the molecule is CC1(C)CCCC(C)(C)[N-]1.CN1CCCC1=C1C=NC=C[CH-]1.CN1CCC[C@H]1c1cccnc1I.Cc1ncccc1[C@@H]1CCCN1C.II.[Li+]. The van der Waals surface area contributed by atoms with Gasteiger partial charge in [0.25, 0.3) is 0 Å². The molecule has 0 N–H and O–H groups in total. The Kier molecular flexibility index (Phi) is 21.8. The van der Waals surface area contributed by atoms with Gasteiger partial charge in [0.2, 0.25) is 0 Å². The predicted octanol–water partition coefficient (Wildman–Crippen LogP) is 8.25. The number of halogens is 3. The Labute approximate surface area is 359 Å². The zero-order valence-corrected chi connectivity index (χ0v) is 39.2. The van der Waals surface area contributed by atoms with Crippen LogP contribution in [0, 0.1) is 17.0 Å². The summed E-state index contributed by atoms with van der Waals surface area (Å²) in [7, 11) is 6.54. The molecular weight excluding hydrogens is 966 g/mol. The van der Waals surface area contributed by atoms with Crippen LogP contribution in [-0.2, 0) is 0 Å². The molecule has 0 amide bonds. The molecule has 2 aromatic heterocycles. The molecular formula is C40H60I3LiN7-. The third-order valence-electron chi connectivity index (χ3n) is 10.1. The molecule has 2 atom stereocenters. The second-order valence-electron chi connectivity index (χ2n) is 15.1. The van der Waals surface area contributed by atoms with Crippen molar-refractivity contribution in [3.63, 3.8) is 0 Å². The van der Waals surface area contributed by atoms with Crippen LogP contribution >= 0.6 is 59.8 Å². The van der Waals surface area contributed by atoms with Crippen molar-refractivity contribution in [3.05, 3.63) is 92.5 Å². The average Bonchev–Trinajstić information content (AvgIpc) is 3.84. The van der Waals surface area contributed by atoms with Crippen molar-refractivity contribution >= 4 is 66.0 Å². The normalized spacial score (nSPS) is 24.6. The van der Waals surface area contributed by atoms with E-state index in [4.69, 9.17) is 5.32 Å². The first-order chi connectivity index (χ1) is 23.9. The van der Waals surface area contributed by atoms with Gasteiger partial charge in [-0.05, 0) is 120 Å². The fraction of sp³-hybridized carbons (Fsp3) is 0.600. The van der Waals surface area contributed by atoms with Gasteiger partial charge in [0.1, 0.15) is 3.70 Å². The molecule has 51 heavy (non-hydrogen) atoms. The number of piperidine rings is 1. The molecule has 7 heterocycles. The van der Waals surface area contributed by atoms with Crippen LogP contribution in [0.15, 0.2) is 65.2 Å². The predicted molar refractivity (Wildman–Crippen MR) is 239 cm³/mol. The Morgan fingerprint density at radius 3 is 1.80 bits per heavy atom. The minimum atomic E-state index is 0. The van der Waals surface area contributed by atoms with Crippen molar-refractivity contribution in [1.29, 1.82) is 0 Å². The number of aryl methyl sites for hydroxylation is 1. The van der Waals surface area contributed by atoms with Gasteiger partial charge in [0.15, 0.2) is 0 Å². The quantitative estimate of drug-likeness (QED) is 0.131. The Morgan fingerprint density at radius 2 is 1.37 bits per heavy atom. The molecule has 4 saturated heterocycles. The van der Waals surface area contributed by atoms with Gasteiger partial charge in [0.05, 0.1) is 0 Å². The van der Waals surface area contributed by atoms with Crippen LogP contribution in [0.4, 0.5) is 0 Å². The van der Waals surface area contributed by atoms with Crippen LogP contribution in [0.2, 0.25) is 0 Å². The Hall–Kier alpha value is -0.213. The fourth-order valence-electron chi connectivity index (χ4n) is 7.69. The van der Waals surface area contributed by atoms with E-state index in [0.29, 0.717) is 12.1 Å². The molecule has 5 aliphatic heterocycles. The molecule has 0 aromatic carbocycles. The molecule has 0 bridgehead atoms. The van der Waals surface area contributed by atoms with E-state index in [1.807, 2.05) is 43.0 Å². The van der Waals surface area contributed by atoms with Gasteiger partial charge in [-0.1, -0.05) is 77.2 Å². The van der Waals surface area contributed by atoms with Crippen molar-refractivity contribution in [3.8, 4) is 0 Å². The van der Waals surface area contributed by atoms with Crippen molar-refractivity contribution in [1.82, 2.24) is 24.7 Å². The fourth-order valence-corrected chi connectivity index (χ4v) is 8.39. The zero-order valence-electron chi connectivity index (χ0n) is 32.7. The summed E-state index contributed by atoms with van der Waals surface area (Å²) in [5.74, 6) is 0. The number of rotatable bonds is 2. The third-order valence-corrected chi connectivity index (χ3v) is 11.0. The standard InChI is InChI=1S/C11H16N2.C10H13IN2.C10H13N2.C9H18N.I2.Li/c1-9-10(5-3-7-12-9)11-6-4-8-13(11)2;1-13-7-3-5-9(13)8-4-2-6-12-10(8)11;1-12-7-3-5-10(12)9-4-2-6-11-8-9;1-8(2)6-5-7-9(3,4)10-8;1-2;/h3,5,7,11H,4,6,8H2,1-2H3;2,4,6,9H,3,5,7H2,1H3;2,4,6,8H,3,5,7H2,1H3;5-7H2,1-4H3;;/q;;2*-1;;+1/t11-;9-;;;;/m00..../s1. The first-order valence-corrected chi connectivity index (χ1v) is 25.5. The molecule has 0 saturated carbocycles. The number of aromatic nitrogens is 2. The molecule has 0 unspecified atom stereocenters. The molecule has 4 fully saturated rings. The maximum absolute atomic E-state index is 4.75. The van der Waals surface area contributed by atoms with Gasteiger partial charge >= 0.3 is 18.9 Å². The van der Waals surface area contributed by atoms with Gasteiger partial charge in [-0.15, -0.1) is 29.1 Å². The summed E-state index contributed by atoms with van der Waals surface area (Å²) in [6.45, 7) is 14.6. The van der Waals surface area contributed by atoms with Crippen LogP contribution in [0.3, 0.4) is 0 Å². The van der Waals surface area contributed by atoms with Crippen molar-refractivity contribution in [2.45, 2.75) is 116 Å². The summed E-state index contributed by atoms with van der Waals surface area (Å²) in [5, 5.41) is 4.75. The van der Waals surface area contributed by atoms with Crippen LogP contribution < -0.4 is 18.9 Å². The second-order valence-corrected chi connectivity index (χ2v) is 16.2. The summed E-state index contributed by atoms with van der Waals surface area (Å²) in [4.78, 5) is 19.9. The van der Waals surface area contributed by atoms with Gasteiger partial charge in [-0.25, -0.2) is 4.98 Å². The van der Waals surface area contributed by atoms with Gasteiger partial charge in [-0.3, -0.25) is 14.8 Å². The Balaban J connectivity index is 0.000000231.